The van der Waals surface area contributed by atoms with Gasteiger partial charge in [0, 0.05) is 29.5 Å². The molecule has 118 valence electrons. The van der Waals surface area contributed by atoms with E-state index in [4.69, 9.17) is 4.74 Å². The Kier molecular flexibility index (Phi) is 4.81. The predicted octanol–water partition coefficient (Wildman–Crippen LogP) is 4.65. The first-order valence-corrected chi connectivity index (χ1v) is 8.52. The van der Waals surface area contributed by atoms with Crippen molar-refractivity contribution in [3.63, 3.8) is 0 Å². The molecule has 0 saturated carbocycles. The van der Waals surface area contributed by atoms with Crippen LogP contribution < -0.4 is 10.1 Å². The van der Waals surface area contributed by atoms with E-state index in [0.29, 0.717) is 18.3 Å². The van der Waals surface area contributed by atoms with Crippen molar-refractivity contribution in [3.8, 4) is 5.75 Å². The fraction of sp³-hybridized carbons (Fsp3) is 0.526. The fourth-order valence-corrected chi connectivity index (χ4v) is 3.48. The van der Waals surface area contributed by atoms with Crippen LogP contribution in [0.3, 0.4) is 0 Å². The highest BCUT2D eigenvalue weighted by atomic mass is 16.5. The molecule has 0 aromatic heterocycles. The summed E-state index contributed by atoms with van der Waals surface area (Å²) in [4.78, 5) is 12.2. The molecule has 3 rings (SSSR count). The van der Waals surface area contributed by atoms with Crippen LogP contribution in [0.1, 0.15) is 56.9 Å². The number of anilines is 1. The Labute approximate surface area is 132 Å². The van der Waals surface area contributed by atoms with Crippen molar-refractivity contribution in [2.45, 2.75) is 51.4 Å². The van der Waals surface area contributed by atoms with Gasteiger partial charge in [-0.25, -0.2) is 0 Å². The van der Waals surface area contributed by atoms with E-state index in [1.54, 1.807) is 0 Å². The van der Waals surface area contributed by atoms with Crippen molar-refractivity contribution in [1.29, 1.82) is 0 Å². The Balaban J connectivity index is 1.79. The van der Waals surface area contributed by atoms with E-state index >= 15 is 0 Å². The third kappa shape index (κ3) is 3.18. The SMILES string of the molecule is CCCCCC(=O)Nc1cccc2c1C1C=CCCC1CO2. The molecule has 0 saturated heterocycles. The molecule has 0 bridgehead atoms. The second-order valence-electron chi connectivity index (χ2n) is 6.33. The number of hydrogen-bond donors (Lipinski definition) is 1. The number of carbonyl (C=O) groups excluding carboxylic acids is 1. The van der Waals surface area contributed by atoms with Crippen molar-refractivity contribution in [2.24, 2.45) is 5.92 Å². The molecule has 3 heteroatoms. The highest BCUT2D eigenvalue weighted by Crippen LogP contribution is 2.45. The van der Waals surface area contributed by atoms with Crippen molar-refractivity contribution in [1.82, 2.24) is 0 Å². The molecule has 0 fully saturated rings. The number of benzene rings is 1. The molecule has 2 atom stereocenters. The molecule has 22 heavy (non-hydrogen) atoms. The number of carbonyl (C=O) groups is 1. The molecular formula is C19H25NO2. The van der Waals surface area contributed by atoms with Gasteiger partial charge in [0.25, 0.3) is 0 Å². The van der Waals surface area contributed by atoms with Gasteiger partial charge in [0.05, 0.1) is 6.61 Å². The van der Waals surface area contributed by atoms with E-state index in [0.717, 1.165) is 43.7 Å². The average molecular weight is 299 g/mol. The predicted molar refractivity (Wildman–Crippen MR) is 89.3 cm³/mol. The molecule has 2 aliphatic rings. The van der Waals surface area contributed by atoms with Gasteiger partial charge in [-0.05, 0) is 31.4 Å². The quantitative estimate of drug-likeness (QED) is 0.635. The zero-order chi connectivity index (χ0) is 15.4. The minimum Gasteiger partial charge on any atom is -0.493 e. The van der Waals surface area contributed by atoms with Gasteiger partial charge in [-0.15, -0.1) is 0 Å². The topological polar surface area (TPSA) is 38.3 Å². The standard InChI is InChI=1S/C19H25NO2/c1-2-3-4-12-18(21)20-16-10-7-11-17-19(16)15-9-6-5-8-14(15)13-22-17/h6-7,9-11,14-15H,2-5,8,12-13H2,1H3,(H,20,21). The van der Waals surface area contributed by atoms with Crippen LogP contribution in [0, 0.1) is 5.92 Å². The van der Waals surface area contributed by atoms with Gasteiger partial charge in [0.1, 0.15) is 5.75 Å². The minimum absolute atomic E-state index is 0.115. The molecule has 2 unspecified atom stereocenters. The number of fused-ring (bicyclic) bond motifs is 3. The van der Waals surface area contributed by atoms with E-state index in [-0.39, 0.29) is 5.91 Å². The van der Waals surface area contributed by atoms with Crippen LogP contribution in [0.2, 0.25) is 0 Å². The van der Waals surface area contributed by atoms with Crippen molar-refractivity contribution in [2.75, 3.05) is 11.9 Å². The van der Waals surface area contributed by atoms with Crippen LogP contribution in [0.4, 0.5) is 5.69 Å². The summed E-state index contributed by atoms with van der Waals surface area (Å²) in [7, 11) is 0. The molecule has 0 radical (unpaired) electrons. The summed E-state index contributed by atoms with van der Waals surface area (Å²) in [6, 6.07) is 5.98. The lowest BCUT2D eigenvalue weighted by Crippen LogP contribution is -2.28. The summed E-state index contributed by atoms with van der Waals surface area (Å²) >= 11 is 0. The summed E-state index contributed by atoms with van der Waals surface area (Å²) < 4.78 is 5.93. The third-order valence-corrected chi connectivity index (χ3v) is 4.69. The van der Waals surface area contributed by atoms with E-state index in [9.17, 15) is 4.79 Å². The van der Waals surface area contributed by atoms with Gasteiger partial charge >= 0.3 is 0 Å². The number of rotatable bonds is 5. The lowest BCUT2D eigenvalue weighted by atomic mass is 9.77. The van der Waals surface area contributed by atoms with Crippen LogP contribution in [0.25, 0.3) is 0 Å². The summed E-state index contributed by atoms with van der Waals surface area (Å²) in [5, 5.41) is 3.11. The summed E-state index contributed by atoms with van der Waals surface area (Å²) in [6.07, 6.45) is 10.7. The molecule has 0 spiro atoms. The summed E-state index contributed by atoms with van der Waals surface area (Å²) in [5.74, 6) is 1.96. The average Bonchev–Trinajstić information content (AvgIpc) is 2.55. The van der Waals surface area contributed by atoms with Gasteiger partial charge in [-0.2, -0.15) is 0 Å². The van der Waals surface area contributed by atoms with Crippen LogP contribution >= 0.6 is 0 Å². The molecule has 1 amide bonds. The lowest BCUT2D eigenvalue weighted by molar-refractivity contribution is -0.116. The molecule has 1 aromatic rings. The van der Waals surface area contributed by atoms with Crippen LogP contribution in [0.5, 0.6) is 5.75 Å². The van der Waals surface area contributed by atoms with Gasteiger partial charge in [-0.3, -0.25) is 4.79 Å². The maximum atomic E-state index is 12.2. The van der Waals surface area contributed by atoms with Crippen LogP contribution in [0.15, 0.2) is 30.4 Å². The molecule has 1 heterocycles. The van der Waals surface area contributed by atoms with Gasteiger partial charge in [-0.1, -0.05) is 38.0 Å². The number of nitrogens with one attached hydrogen (secondary N) is 1. The molecule has 1 aromatic carbocycles. The second kappa shape index (κ2) is 6.99. The minimum atomic E-state index is 0.115. The molecule has 1 N–H and O–H groups in total. The highest BCUT2D eigenvalue weighted by molar-refractivity contribution is 5.92. The van der Waals surface area contributed by atoms with Gasteiger partial charge < -0.3 is 10.1 Å². The van der Waals surface area contributed by atoms with E-state index < -0.39 is 0 Å². The number of amides is 1. The van der Waals surface area contributed by atoms with Crippen molar-refractivity contribution < 1.29 is 9.53 Å². The maximum absolute atomic E-state index is 12.2. The Hall–Kier alpha value is -1.77. The Morgan fingerprint density at radius 1 is 1.36 bits per heavy atom. The summed E-state index contributed by atoms with van der Waals surface area (Å²) in [5.41, 5.74) is 2.10. The Morgan fingerprint density at radius 2 is 2.27 bits per heavy atom. The first-order valence-electron chi connectivity index (χ1n) is 8.52. The number of allylic oxidation sites excluding steroid dienone is 2. The largest absolute Gasteiger partial charge is 0.493 e. The molecular weight excluding hydrogens is 274 g/mol. The lowest BCUT2D eigenvalue weighted by Gasteiger charge is -2.35. The van der Waals surface area contributed by atoms with Crippen molar-refractivity contribution >= 4 is 11.6 Å². The normalized spacial score (nSPS) is 22.4. The zero-order valence-corrected chi connectivity index (χ0v) is 13.3. The fourth-order valence-electron chi connectivity index (χ4n) is 3.48. The van der Waals surface area contributed by atoms with Gasteiger partial charge in [0.2, 0.25) is 5.91 Å². The van der Waals surface area contributed by atoms with E-state index in [1.807, 2.05) is 18.2 Å². The smallest absolute Gasteiger partial charge is 0.224 e. The van der Waals surface area contributed by atoms with Gasteiger partial charge in [0.15, 0.2) is 0 Å². The molecule has 1 aliphatic carbocycles. The van der Waals surface area contributed by atoms with Crippen LogP contribution in [-0.4, -0.2) is 12.5 Å². The molecule has 1 aliphatic heterocycles. The Bertz CT molecular complexity index is 565. The van der Waals surface area contributed by atoms with E-state index in [1.165, 1.54) is 12.0 Å². The number of unbranched alkanes of at least 4 members (excludes halogenated alkanes) is 2. The highest BCUT2D eigenvalue weighted by Gasteiger charge is 2.32. The maximum Gasteiger partial charge on any atom is 0.224 e. The second-order valence-corrected chi connectivity index (χ2v) is 6.33. The Morgan fingerprint density at radius 3 is 3.14 bits per heavy atom. The third-order valence-electron chi connectivity index (χ3n) is 4.69. The first kappa shape index (κ1) is 15.1. The monoisotopic (exact) mass is 299 g/mol. The first-order chi connectivity index (χ1) is 10.8. The van der Waals surface area contributed by atoms with Crippen LogP contribution in [-0.2, 0) is 4.79 Å². The van der Waals surface area contributed by atoms with Crippen molar-refractivity contribution in [3.05, 3.63) is 35.9 Å². The summed E-state index contributed by atoms with van der Waals surface area (Å²) in [6.45, 7) is 2.94. The zero-order valence-electron chi connectivity index (χ0n) is 13.3. The van der Waals surface area contributed by atoms with E-state index in [2.05, 4.69) is 24.4 Å². The number of ether oxygens (including phenoxy) is 1. The number of hydrogen-bond acceptors (Lipinski definition) is 2. The molecule has 3 nitrogen and oxygen atoms in total.